The van der Waals surface area contributed by atoms with Gasteiger partial charge < -0.3 is 23.7 Å². The lowest BCUT2D eigenvalue weighted by molar-refractivity contribution is -0.120. The Balaban J connectivity index is 2.26. The number of rotatable bonds is 11. The maximum Gasteiger partial charge on any atom is 0.298 e. The molecule has 0 aliphatic carbocycles. The topological polar surface area (TPSA) is 63.2 Å². The van der Waals surface area contributed by atoms with Gasteiger partial charge in [-0.15, -0.1) is 0 Å². The molecule has 0 aromatic heterocycles. The molecule has 2 aromatic rings. The average Bonchev–Trinajstić information content (AvgIpc) is 2.65. The van der Waals surface area contributed by atoms with Crippen LogP contribution in [0.3, 0.4) is 0 Å². The Labute approximate surface area is 151 Å². The first-order valence-corrected chi connectivity index (χ1v) is 7.97. The molecular weight excluding hydrogens is 343 g/mol. The number of carbonyl (C=O) groups is 1. The van der Waals surface area contributed by atoms with Gasteiger partial charge in [0.25, 0.3) is 6.47 Å². The summed E-state index contributed by atoms with van der Waals surface area (Å²) in [5, 5.41) is 0. The summed E-state index contributed by atoms with van der Waals surface area (Å²) < 4.78 is 39.9. The standard InChI is InChI=1S/C19H21FO6/c1-22-7-9-24-18-6-4-15(12-19(18)25-10-8-23-2)14-3-5-17(26-13-21)16(20)11-14/h3-6,11-13H,7-10H2,1-2H3. The van der Waals surface area contributed by atoms with Crippen molar-refractivity contribution in [1.82, 2.24) is 0 Å². The summed E-state index contributed by atoms with van der Waals surface area (Å²) in [6, 6.07) is 9.64. The second kappa shape index (κ2) is 10.4. The van der Waals surface area contributed by atoms with Crippen molar-refractivity contribution in [3.8, 4) is 28.4 Å². The van der Waals surface area contributed by atoms with E-state index in [1.807, 2.05) is 0 Å². The zero-order valence-electron chi connectivity index (χ0n) is 14.7. The van der Waals surface area contributed by atoms with E-state index in [4.69, 9.17) is 18.9 Å². The molecule has 0 aliphatic heterocycles. The van der Waals surface area contributed by atoms with E-state index >= 15 is 0 Å². The van der Waals surface area contributed by atoms with Crippen molar-refractivity contribution in [3.05, 3.63) is 42.2 Å². The fourth-order valence-corrected chi connectivity index (χ4v) is 2.22. The monoisotopic (exact) mass is 364 g/mol. The molecule has 140 valence electrons. The number of halogens is 1. The van der Waals surface area contributed by atoms with Crippen LogP contribution >= 0.6 is 0 Å². The number of carbonyl (C=O) groups excluding carboxylic acids is 1. The summed E-state index contributed by atoms with van der Waals surface area (Å²) in [5.41, 5.74) is 1.34. The minimum Gasteiger partial charge on any atom is -0.487 e. The van der Waals surface area contributed by atoms with Gasteiger partial charge in [0, 0.05) is 14.2 Å². The van der Waals surface area contributed by atoms with E-state index in [-0.39, 0.29) is 12.2 Å². The molecule has 0 radical (unpaired) electrons. The van der Waals surface area contributed by atoms with Gasteiger partial charge in [0.15, 0.2) is 23.1 Å². The molecule has 0 aliphatic rings. The van der Waals surface area contributed by atoms with Crippen LogP contribution in [0.1, 0.15) is 0 Å². The van der Waals surface area contributed by atoms with Crippen LogP contribution in [0, 0.1) is 5.82 Å². The van der Waals surface area contributed by atoms with Gasteiger partial charge in [0.05, 0.1) is 13.2 Å². The maximum absolute atomic E-state index is 14.0. The quantitative estimate of drug-likeness (QED) is 0.451. The van der Waals surface area contributed by atoms with Crippen molar-refractivity contribution in [2.75, 3.05) is 40.6 Å². The lowest BCUT2D eigenvalue weighted by Crippen LogP contribution is -2.08. The largest absolute Gasteiger partial charge is 0.487 e. The van der Waals surface area contributed by atoms with Crippen molar-refractivity contribution in [2.45, 2.75) is 0 Å². The minimum absolute atomic E-state index is 0.125. The highest BCUT2D eigenvalue weighted by Gasteiger charge is 2.11. The van der Waals surface area contributed by atoms with Crippen LogP contribution in [0.25, 0.3) is 11.1 Å². The van der Waals surface area contributed by atoms with E-state index in [0.717, 1.165) is 5.56 Å². The molecule has 2 aromatic carbocycles. The first-order valence-electron chi connectivity index (χ1n) is 7.97. The highest BCUT2D eigenvalue weighted by molar-refractivity contribution is 5.68. The van der Waals surface area contributed by atoms with Gasteiger partial charge in [-0.3, -0.25) is 4.79 Å². The Bertz CT molecular complexity index is 719. The van der Waals surface area contributed by atoms with E-state index in [1.165, 1.54) is 12.1 Å². The fraction of sp³-hybridized carbons (Fsp3) is 0.316. The molecule has 0 saturated carbocycles. The van der Waals surface area contributed by atoms with Crippen LogP contribution in [0.4, 0.5) is 4.39 Å². The summed E-state index contributed by atoms with van der Waals surface area (Å²) in [6.45, 7) is 1.78. The smallest absolute Gasteiger partial charge is 0.298 e. The van der Waals surface area contributed by atoms with Crippen LogP contribution < -0.4 is 14.2 Å². The van der Waals surface area contributed by atoms with E-state index in [0.29, 0.717) is 43.5 Å². The molecule has 26 heavy (non-hydrogen) atoms. The number of hydrogen-bond acceptors (Lipinski definition) is 6. The van der Waals surface area contributed by atoms with Gasteiger partial charge in [-0.05, 0) is 35.4 Å². The molecule has 0 atom stereocenters. The molecule has 0 spiro atoms. The summed E-state index contributed by atoms with van der Waals surface area (Å²) >= 11 is 0. The number of methoxy groups -OCH3 is 2. The molecule has 7 heteroatoms. The van der Waals surface area contributed by atoms with E-state index in [1.54, 1.807) is 38.5 Å². The van der Waals surface area contributed by atoms with Gasteiger partial charge >= 0.3 is 0 Å². The van der Waals surface area contributed by atoms with Crippen molar-refractivity contribution < 1.29 is 32.9 Å². The number of hydrogen-bond donors (Lipinski definition) is 0. The van der Waals surface area contributed by atoms with Crippen LogP contribution in [0.15, 0.2) is 36.4 Å². The van der Waals surface area contributed by atoms with Crippen LogP contribution in [0.2, 0.25) is 0 Å². The zero-order valence-corrected chi connectivity index (χ0v) is 14.7. The molecule has 0 heterocycles. The highest BCUT2D eigenvalue weighted by Crippen LogP contribution is 2.34. The average molecular weight is 364 g/mol. The van der Waals surface area contributed by atoms with E-state index in [2.05, 4.69) is 4.74 Å². The number of ether oxygens (including phenoxy) is 5. The van der Waals surface area contributed by atoms with Crippen LogP contribution in [-0.4, -0.2) is 47.1 Å². The Morgan fingerprint density at radius 3 is 1.96 bits per heavy atom. The Morgan fingerprint density at radius 2 is 1.38 bits per heavy atom. The third kappa shape index (κ3) is 5.44. The van der Waals surface area contributed by atoms with Crippen molar-refractivity contribution >= 4 is 6.47 Å². The molecule has 0 amide bonds. The molecular formula is C19H21FO6. The van der Waals surface area contributed by atoms with E-state index < -0.39 is 5.82 Å². The SMILES string of the molecule is COCCOc1ccc(-c2ccc(OC=O)c(F)c2)cc1OCCOC. The molecule has 0 saturated heterocycles. The highest BCUT2D eigenvalue weighted by atomic mass is 19.1. The normalized spacial score (nSPS) is 10.4. The second-order valence-corrected chi connectivity index (χ2v) is 5.20. The molecule has 0 fully saturated rings. The summed E-state index contributed by atoms with van der Waals surface area (Å²) in [6.07, 6.45) is 0. The van der Waals surface area contributed by atoms with Gasteiger partial charge in [-0.1, -0.05) is 12.1 Å². The van der Waals surface area contributed by atoms with Gasteiger partial charge in [0.2, 0.25) is 0 Å². The number of benzene rings is 2. The van der Waals surface area contributed by atoms with Crippen molar-refractivity contribution in [2.24, 2.45) is 0 Å². The van der Waals surface area contributed by atoms with Crippen LogP contribution in [0.5, 0.6) is 17.2 Å². The van der Waals surface area contributed by atoms with Gasteiger partial charge in [0.1, 0.15) is 13.2 Å². The Morgan fingerprint density at radius 1 is 0.808 bits per heavy atom. The lowest BCUT2D eigenvalue weighted by atomic mass is 10.0. The first kappa shape index (κ1) is 19.7. The second-order valence-electron chi connectivity index (χ2n) is 5.20. The maximum atomic E-state index is 14.0. The first-order chi connectivity index (χ1) is 12.7. The van der Waals surface area contributed by atoms with Gasteiger partial charge in [-0.2, -0.15) is 0 Å². The Hall–Kier alpha value is -2.64. The minimum atomic E-state index is -0.628. The lowest BCUT2D eigenvalue weighted by Gasteiger charge is -2.14. The molecule has 0 unspecified atom stereocenters. The van der Waals surface area contributed by atoms with Gasteiger partial charge in [-0.25, -0.2) is 4.39 Å². The van der Waals surface area contributed by atoms with Crippen LogP contribution in [-0.2, 0) is 14.3 Å². The Kier molecular flexibility index (Phi) is 7.85. The predicted molar refractivity (Wildman–Crippen MR) is 93.3 cm³/mol. The molecule has 2 rings (SSSR count). The third-order valence-electron chi connectivity index (χ3n) is 3.47. The molecule has 0 N–H and O–H groups in total. The summed E-state index contributed by atoms with van der Waals surface area (Å²) in [4.78, 5) is 10.4. The van der Waals surface area contributed by atoms with Crippen molar-refractivity contribution in [3.63, 3.8) is 0 Å². The van der Waals surface area contributed by atoms with E-state index in [9.17, 15) is 9.18 Å². The summed E-state index contributed by atoms with van der Waals surface area (Å²) in [5.74, 6) is 0.323. The third-order valence-corrected chi connectivity index (χ3v) is 3.47. The predicted octanol–water partition coefficient (Wildman–Crippen LogP) is 3.08. The van der Waals surface area contributed by atoms with Crippen molar-refractivity contribution in [1.29, 1.82) is 0 Å². The zero-order chi connectivity index (χ0) is 18.8. The fourth-order valence-electron chi connectivity index (χ4n) is 2.22. The summed E-state index contributed by atoms with van der Waals surface area (Å²) in [7, 11) is 3.18. The molecule has 0 bridgehead atoms. The molecule has 6 nitrogen and oxygen atoms in total.